The number of unbranched alkanes of at least 4 members (excludes halogenated alkanes) is 17. The molecular formula is C34H64O3. The Labute approximate surface area is 232 Å². The first-order chi connectivity index (χ1) is 18.1. The number of Topliss-reactive ketones (excluding diaryl/α,β-unsaturated/α-hetero) is 1. The van der Waals surface area contributed by atoms with Crippen molar-refractivity contribution in [3.05, 3.63) is 12.2 Å². The Bertz CT molecular complexity index is 525. The Kier molecular flexibility index (Phi) is 28.5. The maximum Gasteiger partial charge on any atom is 0.306 e. The van der Waals surface area contributed by atoms with Crippen molar-refractivity contribution < 1.29 is 14.3 Å². The van der Waals surface area contributed by atoms with E-state index in [0.29, 0.717) is 12.2 Å². The van der Waals surface area contributed by atoms with Crippen LogP contribution in [0.15, 0.2) is 12.2 Å². The van der Waals surface area contributed by atoms with E-state index in [9.17, 15) is 9.59 Å². The summed E-state index contributed by atoms with van der Waals surface area (Å²) in [4.78, 5) is 24.0. The molecule has 0 spiro atoms. The van der Waals surface area contributed by atoms with Gasteiger partial charge in [0.25, 0.3) is 0 Å². The van der Waals surface area contributed by atoms with Gasteiger partial charge < -0.3 is 4.74 Å². The van der Waals surface area contributed by atoms with Crippen molar-refractivity contribution in [1.82, 2.24) is 0 Å². The highest BCUT2D eigenvalue weighted by Gasteiger charge is 2.12. The fraction of sp³-hybridized carbons (Fsp3) is 0.882. The van der Waals surface area contributed by atoms with Gasteiger partial charge in [-0.15, -0.1) is 0 Å². The SMILES string of the molecule is CCCCCCCCCCCCC(=O)CCCCCCC/C=C\CC(CCCCCC)OC(=O)CCC. The van der Waals surface area contributed by atoms with E-state index in [1.54, 1.807) is 0 Å². The molecule has 0 aliphatic carbocycles. The number of ether oxygens (including phenoxy) is 1. The number of carbonyl (C=O) groups is 2. The highest BCUT2D eigenvalue weighted by atomic mass is 16.5. The molecule has 0 heterocycles. The lowest BCUT2D eigenvalue weighted by Crippen LogP contribution is -2.17. The summed E-state index contributed by atoms with van der Waals surface area (Å²) in [5.41, 5.74) is 0. The number of esters is 1. The average Bonchev–Trinajstić information content (AvgIpc) is 2.88. The topological polar surface area (TPSA) is 43.4 Å². The molecular weight excluding hydrogens is 456 g/mol. The summed E-state index contributed by atoms with van der Waals surface area (Å²) in [6.45, 7) is 6.52. The van der Waals surface area contributed by atoms with Crippen LogP contribution >= 0.6 is 0 Å². The van der Waals surface area contributed by atoms with E-state index in [1.165, 1.54) is 103 Å². The first-order valence-corrected chi connectivity index (χ1v) is 16.5. The zero-order chi connectivity index (χ0) is 27.2. The second kappa shape index (κ2) is 29.4. The summed E-state index contributed by atoms with van der Waals surface area (Å²) >= 11 is 0. The first-order valence-electron chi connectivity index (χ1n) is 16.5. The van der Waals surface area contributed by atoms with E-state index in [-0.39, 0.29) is 12.1 Å². The molecule has 1 atom stereocenters. The predicted molar refractivity (Wildman–Crippen MR) is 161 cm³/mol. The average molecular weight is 521 g/mol. The quantitative estimate of drug-likeness (QED) is 0.0559. The minimum absolute atomic E-state index is 0.0432. The van der Waals surface area contributed by atoms with Crippen molar-refractivity contribution >= 4 is 11.8 Å². The lowest BCUT2D eigenvalue weighted by Gasteiger charge is -2.16. The Morgan fingerprint density at radius 3 is 1.57 bits per heavy atom. The second-order valence-electron chi connectivity index (χ2n) is 11.2. The molecule has 0 aliphatic rings. The molecule has 0 N–H and O–H groups in total. The van der Waals surface area contributed by atoms with E-state index < -0.39 is 0 Å². The van der Waals surface area contributed by atoms with Crippen LogP contribution in [0.3, 0.4) is 0 Å². The van der Waals surface area contributed by atoms with Crippen LogP contribution in [0.5, 0.6) is 0 Å². The first kappa shape index (κ1) is 35.9. The predicted octanol–water partition coefficient (Wildman–Crippen LogP) is 11.2. The fourth-order valence-corrected chi connectivity index (χ4v) is 4.89. The Hall–Kier alpha value is -1.12. The number of rotatable bonds is 29. The number of carbonyl (C=O) groups excluding carboxylic acids is 2. The molecule has 0 saturated carbocycles. The number of hydrogen-bond donors (Lipinski definition) is 0. The minimum atomic E-state index is -0.0432. The molecule has 0 aromatic carbocycles. The monoisotopic (exact) mass is 520 g/mol. The van der Waals surface area contributed by atoms with Crippen molar-refractivity contribution in [2.45, 2.75) is 194 Å². The van der Waals surface area contributed by atoms with Crippen LogP contribution in [0.25, 0.3) is 0 Å². The van der Waals surface area contributed by atoms with Crippen molar-refractivity contribution in [3.8, 4) is 0 Å². The molecule has 0 radical (unpaired) electrons. The third-order valence-corrected chi connectivity index (χ3v) is 7.33. The number of hydrogen-bond acceptors (Lipinski definition) is 3. The van der Waals surface area contributed by atoms with E-state index in [4.69, 9.17) is 4.74 Å². The third kappa shape index (κ3) is 27.7. The molecule has 0 amide bonds. The molecule has 218 valence electrons. The van der Waals surface area contributed by atoms with Gasteiger partial charge in [0.15, 0.2) is 0 Å². The Morgan fingerprint density at radius 2 is 1.03 bits per heavy atom. The minimum Gasteiger partial charge on any atom is -0.462 e. The van der Waals surface area contributed by atoms with Crippen molar-refractivity contribution in [3.63, 3.8) is 0 Å². The lowest BCUT2D eigenvalue weighted by molar-refractivity contribution is -0.149. The zero-order valence-corrected chi connectivity index (χ0v) is 25.3. The molecule has 0 aromatic heterocycles. The van der Waals surface area contributed by atoms with Gasteiger partial charge in [0.1, 0.15) is 11.9 Å². The molecule has 0 rings (SSSR count). The lowest BCUT2D eigenvalue weighted by atomic mass is 10.0. The van der Waals surface area contributed by atoms with Crippen LogP contribution in [0.2, 0.25) is 0 Å². The van der Waals surface area contributed by atoms with Gasteiger partial charge in [0, 0.05) is 25.7 Å². The fourth-order valence-electron chi connectivity index (χ4n) is 4.89. The highest BCUT2D eigenvalue weighted by molar-refractivity contribution is 5.78. The molecule has 1 unspecified atom stereocenters. The highest BCUT2D eigenvalue weighted by Crippen LogP contribution is 2.15. The maximum absolute atomic E-state index is 12.1. The molecule has 0 aromatic rings. The van der Waals surface area contributed by atoms with E-state index >= 15 is 0 Å². The maximum atomic E-state index is 12.1. The van der Waals surface area contributed by atoms with E-state index in [1.807, 2.05) is 6.92 Å². The molecule has 3 nitrogen and oxygen atoms in total. The number of allylic oxidation sites excluding steroid dienone is 1. The summed E-state index contributed by atoms with van der Waals surface area (Å²) in [5.74, 6) is 0.435. The van der Waals surface area contributed by atoms with Gasteiger partial charge in [-0.3, -0.25) is 9.59 Å². The Balaban J connectivity index is 3.64. The summed E-state index contributed by atoms with van der Waals surface area (Å²) in [6.07, 6.45) is 34.5. The van der Waals surface area contributed by atoms with Gasteiger partial charge in [-0.25, -0.2) is 0 Å². The molecule has 0 saturated heterocycles. The molecule has 3 heteroatoms. The van der Waals surface area contributed by atoms with Crippen molar-refractivity contribution in [2.75, 3.05) is 0 Å². The molecule has 0 bridgehead atoms. The van der Waals surface area contributed by atoms with Gasteiger partial charge in [0.05, 0.1) is 0 Å². The van der Waals surface area contributed by atoms with Gasteiger partial charge in [-0.05, 0) is 44.9 Å². The molecule has 0 aliphatic heterocycles. The normalized spacial score (nSPS) is 12.3. The van der Waals surface area contributed by atoms with Crippen LogP contribution in [-0.2, 0) is 14.3 Å². The van der Waals surface area contributed by atoms with Crippen LogP contribution in [0, 0.1) is 0 Å². The van der Waals surface area contributed by atoms with Gasteiger partial charge in [0.2, 0.25) is 0 Å². The van der Waals surface area contributed by atoms with Crippen LogP contribution in [0.4, 0.5) is 0 Å². The Morgan fingerprint density at radius 1 is 0.541 bits per heavy atom. The summed E-state index contributed by atoms with van der Waals surface area (Å²) in [7, 11) is 0. The van der Waals surface area contributed by atoms with Crippen LogP contribution in [0.1, 0.15) is 188 Å². The summed E-state index contributed by atoms with van der Waals surface area (Å²) in [6, 6.07) is 0. The van der Waals surface area contributed by atoms with Gasteiger partial charge in [-0.2, -0.15) is 0 Å². The van der Waals surface area contributed by atoms with Gasteiger partial charge >= 0.3 is 5.97 Å². The smallest absolute Gasteiger partial charge is 0.306 e. The van der Waals surface area contributed by atoms with Crippen molar-refractivity contribution in [2.24, 2.45) is 0 Å². The van der Waals surface area contributed by atoms with E-state index in [2.05, 4.69) is 26.0 Å². The molecule has 37 heavy (non-hydrogen) atoms. The number of ketones is 1. The standard InChI is InChI=1S/C34H64O3/c1-4-7-9-11-12-13-14-17-20-23-28-32(35)29-24-21-18-15-16-19-22-26-31-33(30-25-10-8-5-2)37-34(36)27-6-3/h22,26,33H,4-21,23-25,27-31H2,1-3H3/b26-22-. The van der Waals surface area contributed by atoms with E-state index in [0.717, 1.165) is 57.8 Å². The summed E-state index contributed by atoms with van der Waals surface area (Å²) in [5, 5.41) is 0. The van der Waals surface area contributed by atoms with Crippen molar-refractivity contribution in [1.29, 1.82) is 0 Å². The molecule has 0 fully saturated rings. The second-order valence-corrected chi connectivity index (χ2v) is 11.2. The van der Waals surface area contributed by atoms with Crippen LogP contribution < -0.4 is 0 Å². The van der Waals surface area contributed by atoms with Gasteiger partial charge in [-0.1, -0.05) is 129 Å². The largest absolute Gasteiger partial charge is 0.462 e. The third-order valence-electron chi connectivity index (χ3n) is 7.33. The summed E-state index contributed by atoms with van der Waals surface area (Å²) < 4.78 is 5.71. The van der Waals surface area contributed by atoms with Crippen LogP contribution in [-0.4, -0.2) is 17.9 Å². The zero-order valence-electron chi connectivity index (χ0n) is 25.3.